The number of nitrogen functional groups attached to an aromatic ring is 1. The van der Waals surface area contributed by atoms with Crippen LogP contribution in [-0.4, -0.2) is 18.1 Å². The zero-order valence-electron chi connectivity index (χ0n) is 13.5. The number of aromatic nitrogens is 1. The molecule has 2 N–H and O–H groups in total. The van der Waals surface area contributed by atoms with Crippen molar-refractivity contribution in [2.45, 2.75) is 20.1 Å². The van der Waals surface area contributed by atoms with Crippen molar-refractivity contribution in [3.05, 3.63) is 58.1 Å². The van der Waals surface area contributed by atoms with Gasteiger partial charge in [0.2, 0.25) is 0 Å². The van der Waals surface area contributed by atoms with Crippen LogP contribution in [0.2, 0.25) is 0 Å². The van der Waals surface area contributed by atoms with Gasteiger partial charge in [0.15, 0.2) is 0 Å². The van der Waals surface area contributed by atoms with E-state index in [-0.39, 0.29) is 6.61 Å². The van der Waals surface area contributed by atoms with Crippen LogP contribution in [-0.2, 0) is 22.7 Å². The SMILES string of the molecule is COCc1cc(C)nc2sc(C(=O)OCc3ccccc3)c(N)c12. The molecule has 0 spiro atoms. The average molecular weight is 342 g/mol. The largest absolute Gasteiger partial charge is 0.457 e. The van der Waals surface area contributed by atoms with Gasteiger partial charge in [-0.05, 0) is 24.1 Å². The number of hydrogen-bond acceptors (Lipinski definition) is 6. The fourth-order valence-electron chi connectivity index (χ4n) is 2.55. The fraction of sp³-hybridized carbons (Fsp3) is 0.222. The van der Waals surface area contributed by atoms with E-state index in [0.29, 0.717) is 17.2 Å². The first-order valence-corrected chi connectivity index (χ1v) is 8.30. The van der Waals surface area contributed by atoms with E-state index in [4.69, 9.17) is 15.2 Å². The Hall–Kier alpha value is -2.44. The van der Waals surface area contributed by atoms with Gasteiger partial charge in [-0.1, -0.05) is 30.3 Å². The van der Waals surface area contributed by atoms with Crippen LogP contribution in [0.4, 0.5) is 5.69 Å². The second-order valence-corrected chi connectivity index (χ2v) is 6.44. The molecule has 1 aromatic carbocycles. The Morgan fingerprint density at radius 3 is 2.71 bits per heavy atom. The molecule has 6 heteroatoms. The summed E-state index contributed by atoms with van der Waals surface area (Å²) in [5, 5.41) is 0.777. The molecular weight excluding hydrogens is 324 g/mol. The number of esters is 1. The molecule has 3 aromatic rings. The van der Waals surface area contributed by atoms with Gasteiger partial charge in [-0.15, -0.1) is 11.3 Å². The molecule has 0 aliphatic rings. The standard InChI is InChI=1S/C18H18N2O3S/c1-11-8-13(10-22-2)14-15(19)16(24-17(14)20-11)18(21)23-9-12-6-4-3-5-7-12/h3-8H,9-10,19H2,1-2H3. The third kappa shape index (κ3) is 3.25. The van der Waals surface area contributed by atoms with E-state index in [9.17, 15) is 4.79 Å². The minimum Gasteiger partial charge on any atom is -0.457 e. The van der Waals surface area contributed by atoms with Crippen molar-refractivity contribution < 1.29 is 14.3 Å². The number of nitrogens with two attached hydrogens (primary N) is 1. The van der Waals surface area contributed by atoms with Crippen LogP contribution in [0, 0.1) is 6.92 Å². The van der Waals surface area contributed by atoms with Crippen molar-refractivity contribution in [1.82, 2.24) is 4.98 Å². The third-order valence-corrected chi connectivity index (χ3v) is 4.69. The smallest absolute Gasteiger partial charge is 0.350 e. The lowest BCUT2D eigenvalue weighted by Crippen LogP contribution is -2.06. The zero-order valence-corrected chi connectivity index (χ0v) is 14.4. The molecule has 0 saturated carbocycles. The summed E-state index contributed by atoms with van der Waals surface area (Å²) in [7, 11) is 1.62. The molecule has 0 saturated heterocycles. The van der Waals surface area contributed by atoms with E-state index in [2.05, 4.69) is 4.98 Å². The summed E-state index contributed by atoms with van der Waals surface area (Å²) in [5.41, 5.74) is 9.33. The predicted molar refractivity (Wildman–Crippen MR) is 95.0 cm³/mol. The lowest BCUT2D eigenvalue weighted by molar-refractivity contribution is 0.0480. The number of rotatable bonds is 5. The minimum absolute atomic E-state index is 0.213. The average Bonchev–Trinajstić information content (AvgIpc) is 2.90. The van der Waals surface area contributed by atoms with Gasteiger partial charge in [-0.3, -0.25) is 0 Å². The van der Waals surface area contributed by atoms with E-state index in [0.717, 1.165) is 27.0 Å². The number of carbonyl (C=O) groups excluding carboxylic acids is 1. The Morgan fingerprint density at radius 1 is 1.25 bits per heavy atom. The number of hydrogen-bond donors (Lipinski definition) is 1. The number of nitrogens with zero attached hydrogens (tertiary/aromatic N) is 1. The molecule has 0 aliphatic carbocycles. The number of fused-ring (bicyclic) bond motifs is 1. The van der Waals surface area contributed by atoms with Crippen molar-refractivity contribution in [2.75, 3.05) is 12.8 Å². The molecule has 0 fully saturated rings. The summed E-state index contributed by atoms with van der Waals surface area (Å²) in [6.45, 7) is 2.53. The van der Waals surface area contributed by atoms with Gasteiger partial charge in [0.05, 0.1) is 12.3 Å². The molecule has 2 heterocycles. The van der Waals surface area contributed by atoms with Gasteiger partial charge in [-0.2, -0.15) is 0 Å². The third-order valence-electron chi connectivity index (χ3n) is 3.61. The molecule has 124 valence electrons. The van der Waals surface area contributed by atoms with E-state index in [1.807, 2.05) is 43.3 Å². The molecule has 0 atom stereocenters. The molecule has 3 rings (SSSR count). The van der Waals surface area contributed by atoms with Gasteiger partial charge >= 0.3 is 5.97 Å². The quantitative estimate of drug-likeness (QED) is 0.716. The number of aryl methyl sites for hydroxylation is 1. The van der Waals surface area contributed by atoms with Gasteiger partial charge in [0.1, 0.15) is 16.3 Å². The van der Waals surface area contributed by atoms with Crippen molar-refractivity contribution >= 4 is 33.2 Å². The first-order chi connectivity index (χ1) is 11.6. The van der Waals surface area contributed by atoms with E-state index in [1.54, 1.807) is 7.11 Å². The maximum atomic E-state index is 12.4. The Morgan fingerprint density at radius 2 is 2.00 bits per heavy atom. The lowest BCUT2D eigenvalue weighted by atomic mass is 10.1. The lowest BCUT2D eigenvalue weighted by Gasteiger charge is -2.05. The number of ether oxygens (including phenoxy) is 2. The van der Waals surface area contributed by atoms with Crippen LogP contribution < -0.4 is 5.73 Å². The number of benzene rings is 1. The monoisotopic (exact) mass is 342 g/mol. The van der Waals surface area contributed by atoms with Crippen molar-refractivity contribution in [1.29, 1.82) is 0 Å². The predicted octanol–water partition coefficient (Wildman–Crippen LogP) is 3.69. The highest BCUT2D eigenvalue weighted by Gasteiger charge is 2.21. The van der Waals surface area contributed by atoms with Crippen molar-refractivity contribution in [2.24, 2.45) is 0 Å². The van der Waals surface area contributed by atoms with Crippen molar-refractivity contribution in [3.63, 3.8) is 0 Å². The molecule has 5 nitrogen and oxygen atoms in total. The molecule has 0 bridgehead atoms. The second-order valence-electron chi connectivity index (χ2n) is 5.44. The van der Waals surface area contributed by atoms with Gasteiger partial charge in [0, 0.05) is 18.2 Å². The molecular formula is C18H18N2O3S. The number of thiophene rings is 1. The van der Waals surface area contributed by atoms with Gasteiger partial charge in [-0.25, -0.2) is 9.78 Å². The van der Waals surface area contributed by atoms with E-state index in [1.165, 1.54) is 11.3 Å². The van der Waals surface area contributed by atoms with Crippen molar-refractivity contribution in [3.8, 4) is 0 Å². The first-order valence-electron chi connectivity index (χ1n) is 7.48. The summed E-state index contributed by atoms with van der Waals surface area (Å²) in [5.74, 6) is -0.430. The normalized spacial score (nSPS) is 10.9. The summed E-state index contributed by atoms with van der Waals surface area (Å²) in [6, 6.07) is 11.5. The fourth-order valence-corrected chi connectivity index (χ4v) is 3.63. The van der Waals surface area contributed by atoms with Crippen LogP contribution in [0.1, 0.15) is 26.5 Å². The number of anilines is 1. The Kier molecular flexibility index (Phi) is 4.78. The molecule has 0 radical (unpaired) electrons. The first kappa shape index (κ1) is 16.4. The summed E-state index contributed by atoms with van der Waals surface area (Å²) < 4.78 is 10.6. The number of methoxy groups -OCH3 is 1. The van der Waals surface area contributed by atoms with E-state index < -0.39 is 5.97 Å². The maximum Gasteiger partial charge on any atom is 0.350 e. The second kappa shape index (κ2) is 6.98. The Bertz CT molecular complexity index is 875. The molecule has 2 aromatic heterocycles. The molecule has 24 heavy (non-hydrogen) atoms. The Labute approximate surface area is 144 Å². The zero-order chi connectivity index (χ0) is 17.1. The molecule has 0 aliphatic heterocycles. The highest BCUT2D eigenvalue weighted by molar-refractivity contribution is 7.21. The van der Waals surface area contributed by atoms with E-state index >= 15 is 0 Å². The number of pyridine rings is 1. The highest BCUT2D eigenvalue weighted by Crippen LogP contribution is 2.36. The molecule has 0 amide bonds. The van der Waals surface area contributed by atoms with Gasteiger partial charge < -0.3 is 15.2 Å². The number of carbonyl (C=O) groups is 1. The molecule has 0 unspecified atom stereocenters. The van der Waals surface area contributed by atoms with Crippen LogP contribution in [0.25, 0.3) is 10.2 Å². The highest BCUT2D eigenvalue weighted by atomic mass is 32.1. The Balaban J connectivity index is 1.90. The van der Waals surface area contributed by atoms with Gasteiger partial charge in [0.25, 0.3) is 0 Å². The summed E-state index contributed by atoms with van der Waals surface area (Å²) in [6.07, 6.45) is 0. The van der Waals surface area contributed by atoms with Crippen LogP contribution in [0.3, 0.4) is 0 Å². The summed E-state index contributed by atoms with van der Waals surface area (Å²) in [4.78, 5) is 18.0. The van der Waals surface area contributed by atoms with Crippen LogP contribution >= 0.6 is 11.3 Å². The topological polar surface area (TPSA) is 74.4 Å². The maximum absolute atomic E-state index is 12.4. The van der Waals surface area contributed by atoms with Crippen LogP contribution in [0.5, 0.6) is 0 Å². The summed E-state index contributed by atoms with van der Waals surface area (Å²) >= 11 is 1.26. The minimum atomic E-state index is -0.430. The van der Waals surface area contributed by atoms with Crippen LogP contribution in [0.15, 0.2) is 36.4 Å².